The Morgan fingerprint density at radius 2 is 1.14 bits per heavy atom. The summed E-state index contributed by atoms with van der Waals surface area (Å²) >= 11 is 0. The van der Waals surface area contributed by atoms with Crippen molar-refractivity contribution < 1.29 is 28.6 Å². The molecule has 0 heterocycles. The number of hydrogen-bond donors (Lipinski definition) is 0. The predicted molar refractivity (Wildman–Crippen MR) is 80.6 cm³/mol. The molecule has 0 aliphatic rings. The topological polar surface area (TPSA) is 78.9 Å². The summed E-state index contributed by atoms with van der Waals surface area (Å²) in [4.78, 5) is 30.6. The molecule has 0 N–H and O–H groups in total. The van der Waals surface area contributed by atoms with E-state index >= 15 is 0 Å². The second-order valence-electron chi connectivity index (χ2n) is 3.87. The Bertz CT molecular complexity index is 331. The smallest absolute Gasteiger partial charge is 0.332 e. The first-order chi connectivity index (χ1) is 9.67. The molecule has 0 aromatic carbocycles. The van der Waals surface area contributed by atoms with Gasteiger partial charge in [-0.1, -0.05) is 20.1 Å². The number of carbonyl (C=O) groups is 3. The quantitative estimate of drug-likeness (QED) is 0.451. The number of hydrogen-bond acceptors (Lipinski definition) is 6. The summed E-state index contributed by atoms with van der Waals surface area (Å²) in [5.41, 5.74) is 0.866. The molecule has 0 spiro atoms. The van der Waals surface area contributed by atoms with Crippen LogP contribution in [0.4, 0.5) is 0 Å². The van der Waals surface area contributed by atoms with Gasteiger partial charge in [0.15, 0.2) is 0 Å². The maximum atomic E-state index is 10.2. The summed E-state index contributed by atoms with van der Waals surface area (Å²) in [6.07, 6.45) is 1.41. The highest BCUT2D eigenvalue weighted by molar-refractivity contribution is 5.87. The van der Waals surface area contributed by atoms with Crippen molar-refractivity contribution in [3.63, 3.8) is 0 Å². The number of esters is 3. The van der Waals surface area contributed by atoms with E-state index < -0.39 is 0 Å². The van der Waals surface area contributed by atoms with Gasteiger partial charge >= 0.3 is 17.9 Å². The molecule has 0 aliphatic carbocycles. The van der Waals surface area contributed by atoms with Gasteiger partial charge in [-0.3, -0.25) is 4.79 Å². The fourth-order valence-electron chi connectivity index (χ4n) is 0.655. The van der Waals surface area contributed by atoms with E-state index in [-0.39, 0.29) is 17.9 Å². The molecule has 0 aliphatic heterocycles. The molecule has 0 fully saturated rings. The maximum absolute atomic E-state index is 10.2. The van der Waals surface area contributed by atoms with Crippen LogP contribution in [0, 0.1) is 0 Å². The molecular formula is C15H26O6. The fourth-order valence-corrected chi connectivity index (χ4v) is 0.655. The van der Waals surface area contributed by atoms with Crippen LogP contribution in [0.5, 0.6) is 0 Å². The zero-order valence-corrected chi connectivity index (χ0v) is 13.8. The number of rotatable bonds is 4. The van der Waals surface area contributed by atoms with Gasteiger partial charge in [0.05, 0.1) is 21.3 Å². The standard InChI is InChI=1S/2C5H8O2.C5H10O2/c2*1-4(2)5(6)7-3;1-3-4-5(6)7-2/h2*1H2,2-3H3;3-4H2,1-2H3. The van der Waals surface area contributed by atoms with Crippen molar-refractivity contribution in [2.45, 2.75) is 33.6 Å². The average Bonchev–Trinajstić information content (AvgIpc) is 2.46. The molecule has 0 saturated carbocycles. The van der Waals surface area contributed by atoms with Gasteiger partial charge in [-0.15, -0.1) is 0 Å². The van der Waals surface area contributed by atoms with Crippen LogP contribution < -0.4 is 0 Å². The Morgan fingerprint density at radius 3 is 1.19 bits per heavy atom. The van der Waals surface area contributed by atoms with E-state index in [0.29, 0.717) is 17.6 Å². The van der Waals surface area contributed by atoms with Gasteiger partial charge in [0.2, 0.25) is 0 Å². The SMILES string of the molecule is C=C(C)C(=O)OC.C=C(C)C(=O)OC.CCCC(=O)OC. The van der Waals surface area contributed by atoms with E-state index in [4.69, 9.17) is 0 Å². The van der Waals surface area contributed by atoms with Crippen LogP contribution in [-0.4, -0.2) is 39.2 Å². The molecular weight excluding hydrogens is 276 g/mol. The third-order valence-corrected chi connectivity index (χ3v) is 1.75. The van der Waals surface area contributed by atoms with Gasteiger partial charge in [0, 0.05) is 17.6 Å². The predicted octanol–water partition coefficient (Wildman–Crippen LogP) is 2.43. The van der Waals surface area contributed by atoms with Gasteiger partial charge in [-0.05, 0) is 20.3 Å². The first-order valence-electron chi connectivity index (χ1n) is 6.22. The van der Waals surface area contributed by atoms with Crippen molar-refractivity contribution in [2.24, 2.45) is 0 Å². The first kappa shape index (κ1) is 23.9. The largest absolute Gasteiger partial charge is 0.469 e. The Morgan fingerprint density at radius 1 is 0.810 bits per heavy atom. The lowest BCUT2D eigenvalue weighted by molar-refractivity contribution is -0.140. The lowest BCUT2D eigenvalue weighted by Crippen LogP contribution is -1.98. The molecule has 0 aromatic rings. The molecule has 0 aromatic heterocycles. The lowest BCUT2D eigenvalue weighted by Gasteiger charge is -1.91. The zero-order valence-electron chi connectivity index (χ0n) is 13.8. The molecule has 0 bridgehead atoms. The van der Waals surface area contributed by atoms with Crippen LogP contribution in [0.25, 0.3) is 0 Å². The molecule has 21 heavy (non-hydrogen) atoms. The summed E-state index contributed by atoms with van der Waals surface area (Å²) < 4.78 is 12.9. The highest BCUT2D eigenvalue weighted by atomic mass is 16.5. The van der Waals surface area contributed by atoms with Crippen molar-refractivity contribution in [2.75, 3.05) is 21.3 Å². The van der Waals surface area contributed by atoms with Crippen molar-refractivity contribution in [1.29, 1.82) is 0 Å². The van der Waals surface area contributed by atoms with E-state index in [1.54, 1.807) is 13.8 Å². The van der Waals surface area contributed by atoms with E-state index in [2.05, 4.69) is 27.4 Å². The average molecular weight is 302 g/mol. The summed E-state index contributed by atoms with van der Waals surface area (Å²) in [7, 11) is 4.06. The zero-order chi connectivity index (χ0) is 17.4. The molecule has 6 heteroatoms. The van der Waals surface area contributed by atoms with Crippen LogP contribution in [0.3, 0.4) is 0 Å². The van der Waals surface area contributed by atoms with Crippen molar-refractivity contribution in [3.8, 4) is 0 Å². The van der Waals surface area contributed by atoms with Crippen LogP contribution in [0.1, 0.15) is 33.6 Å². The Hall–Kier alpha value is -2.11. The summed E-state index contributed by atoms with van der Waals surface area (Å²) in [6.45, 7) is 11.9. The molecule has 122 valence electrons. The molecule has 0 radical (unpaired) electrons. The molecule has 0 saturated heterocycles. The van der Waals surface area contributed by atoms with Crippen LogP contribution >= 0.6 is 0 Å². The van der Waals surface area contributed by atoms with E-state index in [0.717, 1.165) is 6.42 Å². The van der Waals surface area contributed by atoms with Gasteiger partial charge < -0.3 is 14.2 Å². The Balaban J connectivity index is -0.000000231. The van der Waals surface area contributed by atoms with E-state index in [9.17, 15) is 14.4 Å². The molecule has 0 rings (SSSR count). The van der Waals surface area contributed by atoms with Crippen molar-refractivity contribution in [3.05, 3.63) is 24.3 Å². The first-order valence-corrected chi connectivity index (χ1v) is 6.22. The summed E-state index contributed by atoms with van der Waals surface area (Å²) in [5.74, 6) is -0.817. The van der Waals surface area contributed by atoms with Crippen LogP contribution in [0.15, 0.2) is 24.3 Å². The molecule has 0 unspecified atom stereocenters. The van der Waals surface area contributed by atoms with Crippen molar-refractivity contribution >= 4 is 17.9 Å². The fraction of sp³-hybridized carbons (Fsp3) is 0.533. The minimum Gasteiger partial charge on any atom is -0.469 e. The van der Waals surface area contributed by atoms with Gasteiger partial charge in [-0.2, -0.15) is 0 Å². The summed E-state index contributed by atoms with van der Waals surface area (Å²) in [6, 6.07) is 0. The third-order valence-electron chi connectivity index (χ3n) is 1.75. The normalized spacial score (nSPS) is 7.90. The minimum absolute atomic E-state index is 0.123. The summed E-state index contributed by atoms with van der Waals surface area (Å²) in [5, 5.41) is 0. The highest BCUT2D eigenvalue weighted by Gasteiger charge is 1.96. The number of ether oxygens (including phenoxy) is 3. The minimum atomic E-state index is -0.347. The Labute approximate surface area is 126 Å². The second kappa shape index (κ2) is 15.9. The Kier molecular flexibility index (Phi) is 18.2. The van der Waals surface area contributed by atoms with E-state index in [1.807, 2.05) is 6.92 Å². The third kappa shape index (κ3) is 20.4. The number of carbonyl (C=O) groups excluding carboxylic acids is 3. The molecule has 0 atom stereocenters. The second-order valence-corrected chi connectivity index (χ2v) is 3.87. The molecule has 6 nitrogen and oxygen atoms in total. The monoisotopic (exact) mass is 302 g/mol. The lowest BCUT2D eigenvalue weighted by atomic mass is 10.3. The van der Waals surface area contributed by atoms with Gasteiger partial charge in [-0.25, -0.2) is 9.59 Å². The highest BCUT2D eigenvalue weighted by Crippen LogP contribution is 1.88. The van der Waals surface area contributed by atoms with Crippen LogP contribution in [0.2, 0.25) is 0 Å². The number of methoxy groups -OCH3 is 3. The maximum Gasteiger partial charge on any atom is 0.332 e. The van der Waals surface area contributed by atoms with Gasteiger partial charge in [0.25, 0.3) is 0 Å². The van der Waals surface area contributed by atoms with E-state index in [1.165, 1.54) is 21.3 Å². The van der Waals surface area contributed by atoms with Gasteiger partial charge in [0.1, 0.15) is 0 Å². The molecule has 0 amide bonds. The van der Waals surface area contributed by atoms with Crippen molar-refractivity contribution in [1.82, 2.24) is 0 Å². The van der Waals surface area contributed by atoms with Crippen LogP contribution in [-0.2, 0) is 28.6 Å².